The van der Waals surface area contributed by atoms with Gasteiger partial charge in [-0.15, -0.1) is 12.4 Å². The molecule has 1 aromatic carbocycles. The average Bonchev–Trinajstić information content (AvgIpc) is 2.91. The molecule has 5 nitrogen and oxygen atoms in total. The zero-order chi connectivity index (χ0) is 14.8. The molecule has 22 heavy (non-hydrogen) atoms. The summed E-state index contributed by atoms with van der Waals surface area (Å²) in [4.78, 5) is 6.71. The Kier molecular flexibility index (Phi) is 6.06. The molecule has 120 valence electrons. The van der Waals surface area contributed by atoms with Crippen LogP contribution in [0.4, 0.5) is 0 Å². The summed E-state index contributed by atoms with van der Waals surface area (Å²) in [5, 5.41) is 8.66. The van der Waals surface area contributed by atoms with E-state index in [0.717, 1.165) is 25.2 Å². The Morgan fingerprint density at radius 3 is 2.95 bits per heavy atom. The molecule has 8 heteroatoms. The Bertz CT molecular complexity index is 634. The molecule has 1 atom stereocenters. The van der Waals surface area contributed by atoms with Crippen LogP contribution in [0.1, 0.15) is 23.3 Å². The van der Waals surface area contributed by atoms with Crippen molar-refractivity contribution in [3.8, 4) is 0 Å². The number of likely N-dealkylation sites (N-methyl/N-ethyl adjacent to an activating group) is 1. The first-order chi connectivity index (χ1) is 10.1. The van der Waals surface area contributed by atoms with E-state index in [4.69, 9.17) is 27.7 Å². The second-order valence-electron chi connectivity index (χ2n) is 5.16. The number of nitrogens with one attached hydrogen (secondary N) is 1. The van der Waals surface area contributed by atoms with Gasteiger partial charge in [0.25, 0.3) is 0 Å². The fraction of sp³-hybridized carbons (Fsp3) is 0.429. The lowest BCUT2D eigenvalue weighted by Gasteiger charge is -2.30. The van der Waals surface area contributed by atoms with E-state index in [1.807, 2.05) is 6.07 Å². The number of nitrogens with zero attached hydrogens (tertiary/aromatic N) is 3. The van der Waals surface area contributed by atoms with Gasteiger partial charge in [-0.2, -0.15) is 4.98 Å². The molecule has 1 fully saturated rings. The van der Waals surface area contributed by atoms with Crippen LogP contribution in [0.3, 0.4) is 0 Å². The van der Waals surface area contributed by atoms with Gasteiger partial charge in [-0.25, -0.2) is 0 Å². The number of benzene rings is 1. The first kappa shape index (κ1) is 17.5. The molecule has 0 aliphatic carbocycles. The van der Waals surface area contributed by atoms with Crippen LogP contribution in [-0.2, 0) is 6.42 Å². The molecule has 0 radical (unpaired) electrons. The lowest BCUT2D eigenvalue weighted by atomic mass is 10.1. The van der Waals surface area contributed by atoms with E-state index in [1.54, 1.807) is 12.1 Å². The van der Waals surface area contributed by atoms with Crippen molar-refractivity contribution in [1.82, 2.24) is 20.4 Å². The molecule has 1 unspecified atom stereocenters. The van der Waals surface area contributed by atoms with Crippen LogP contribution < -0.4 is 5.32 Å². The minimum Gasteiger partial charge on any atom is -0.339 e. The third-order valence-corrected chi connectivity index (χ3v) is 4.24. The molecule has 1 N–H and O–H groups in total. The molecule has 2 heterocycles. The van der Waals surface area contributed by atoms with Crippen molar-refractivity contribution < 1.29 is 4.52 Å². The monoisotopic (exact) mass is 362 g/mol. The molecule has 0 saturated carbocycles. The van der Waals surface area contributed by atoms with Crippen molar-refractivity contribution in [2.45, 2.75) is 12.5 Å². The van der Waals surface area contributed by atoms with Crippen LogP contribution in [-0.4, -0.2) is 41.7 Å². The van der Waals surface area contributed by atoms with E-state index < -0.39 is 0 Å². The number of rotatable bonds is 3. The normalized spacial score (nSPS) is 19.0. The van der Waals surface area contributed by atoms with E-state index in [0.29, 0.717) is 28.2 Å². The Hall–Kier alpha value is -0.850. The molecule has 0 spiro atoms. The van der Waals surface area contributed by atoms with Gasteiger partial charge >= 0.3 is 0 Å². The molecule has 3 rings (SSSR count). The maximum Gasteiger partial charge on any atom is 0.231 e. The Balaban J connectivity index is 0.00000176. The standard InChI is InChI=1S/C14H16Cl2N4O.ClH/c1-20-5-4-17-8-12(20)14-18-13(21-19-14)6-9-2-3-10(15)7-11(9)16;/h2-3,7,12,17H,4-6,8H2,1H3;1H. The fourth-order valence-corrected chi connectivity index (χ4v) is 2.87. The first-order valence-electron chi connectivity index (χ1n) is 6.81. The first-order valence-corrected chi connectivity index (χ1v) is 7.56. The predicted octanol–water partition coefficient (Wildman–Crippen LogP) is 2.97. The maximum absolute atomic E-state index is 6.17. The Labute approximate surface area is 145 Å². The van der Waals surface area contributed by atoms with E-state index in [-0.39, 0.29) is 18.4 Å². The second-order valence-corrected chi connectivity index (χ2v) is 6.00. The van der Waals surface area contributed by atoms with Crippen molar-refractivity contribution in [3.05, 3.63) is 45.5 Å². The number of hydrogen-bond acceptors (Lipinski definition) is 5. The zero-order valence-electron chi connectivity index (χ0n) is 12.1. The zero-order valence-corrected chi connectivity index (χ0v) is 14.4. The van der Waals surface area contributed by atoms with Crippen LogP contribution in [0.15, 0.2) is 22.7 Å². The smallest absolute Gasteiger partial charge is 0.231 e. The summed E-state index contributed by atoms with van der Waals surface area (Å²) < 4.78 is 5.35. The third-order valence-electron chi connectivity index (χ3n) is 3.65. The summed E-state index contributed by atoms with van der Waals surface area (Å²) in [5.41, 5.74) is 0.923. The largest absolute Gasteiger partial charge is 0.339 e. The highest BCUT2D eigenvalue weighted by Crippen LogP contribution is 2.24. The SMILES string of the molecule is CN1CCNCC1c1noc(Cc2ccc(Cl)cc2Cl)n1.Cl. The molecular weight excluding hydrogens is 347 g/mol. The molecular formula is C14H17Cl3N4O. The van der Waals surface area contributed by atoms with Gasteiger partial charge < -0.3 is 9.84 Å². The molecule has 0 amide bonds. The van der Waals surface area contributed by atoms with Gasteiger partial charge in [0.2, 0.25) is 5.89 Å². The number of halogens is 3. The number of piperazine rings is 1. The number of hydrogen-bond donors (Lipinski definition) is 1. The minimum absolute atomic E-state index is 0. The molecule has 1 aliphatic rings. The summed E-state index contributed by atoms with van der Waals surface area (Å²) in [6.07, 6.45) is 0.507. The van der Waals surface area contributed by atoms with E-state index >= 15 is 0 Å². The Morgan fingerprint density at radius 1 is 1.41 bits per heavy atom. The van der Waals surface area contributed by atoms with E-state index in [1.165, 1.54) is 0 Å². The van der Waals surface area contributed by atoms with Crippen molar-refractivity contribution in [2.24, 2.45) is 0 Å². The van der Waals surface area contributed by atoms with Gasteiger partial charge in [-0.1, -0.05) is 34.4 Å². The highest BCUT2D eigenvalue weighted by atomic mass is 35.5. The predicted molar refractivity (Wildman–Crippen MR) is 89.1 cm³/mol. The van der Waals surface area contributed by atoms with Crippen molar-refractivity contribution in [3.63, 3.8) is 0 Å². The second kappa shape index (κ2) is 7.62. The van der Waals surface area contributed by atoms with Gasteiger partial charge in [-0.05, 0) is 24.7 Å². The molecule has 1 aromatic heterocycles. The van der Waals surface area contributed by atoms with Gasteiger partial charge in [0, 0.05) is 29.7 Å². The highest BCUT2D eigenvalue weighted by molar-refractivity contribution is 6.35. The van der Waals surface area contributed by atoms with E-state index in [2.05, 4.69) is 27.4 Å². The van der Waals surface area contributed by atoms with Crippen molar-refractivity contribution in [2.75, 3.05) is 26.7 Å². The molecule has 0 bridgehead atoms. The quantitative estimate of drug-likeness (QED) is 0.908. The lowest BCUT2D eigenvalue weighted by Crippen LogP contribution is -2.44. The Morgan fingerprint density at radius 2 is 2.23 bits per heavy atom. The van der Waals surface area contributed by atoms with Crippen molar-refractivity contribution >= 4 is 35.6 Å². The van der Waals surface area contributed by atoms with Crippen LogP contribution in [0.25, 0.3) is 0 Å². The average molecular weight is 364 g/mol. The molecule has 1 aliphatic heterocycles. The van der Waals surface area contributed by atoms with Gasteiger partial charge in [0.15, 0.2) is 5.82 Å². The third kappa shape index (κ3) is 3.91. The van der Waals surface area contributed by atoms with Crippen LogP contribution in [0, 0.1) is 0 Å². The fourth-order valence-electron chi connectivity index (χ4n) is 2.40. The van der Waals surface area contributed by atoms with Crippen LogP contribution in [0.5, 0.6) is 0 Å². The number of aromatic nitrogens is 2. The summed E-state index contributed by atoms with van der Waals surface area (Å²) in [6, 6.07) is 5.55. The van der Waals surface area contributed by atoms with Crippen LogP contribution >= 0.6 is 35.6 Å². The topological polar surface area (TPSA) is 54.2 Å². The van der Waals surface area contributed by atoms with Gasteiger partial charge in [0.1, 0.15) is 0 Å². The molecule has 1 saturated heterocycles. The summed E-state index contributed by atoms with van der Waals surface area (Å²) in [7, 11) is 2.07. The van der Waals surface area contributed by atoms with Crippen molar-refractivity contribution in [1.29, 1.82) is 0 Å². The minimum atomic E-state index is 0. The van der Waals surface area contributed by atoms with Gasteiger partial charge in [-0.3, -0.25) is 4.90 Å². The summed E-state index contributed by atoms with van der Waals surface area (Å²) in [5.74, 6) is 1.28. The summed E-state index contributed by atoms with van der Waals surface area (Å²) >= 11 is 12.1. The van der Waals surface area contributed by atoms with Gasteiger partial charge in [0.05, 0.1) is 12.5 Å². The summed E-state index contributed by atoms with van der Waals surface area (Å²) in [6.45, 7) is 2.78. The van der Waals surface area contributed by atoms with E-state index in [9.17, 15) is 0 Å². The maximum atomic E-state index is 6.17. The molecule has 2 aromatic rings. The lowest BCUT2D eigenvalue weighted by molar-refractivity contribution is 0.190. The van der Waals surface area contributed by atoms with Crippen LogP contribution in [0.2, 0.25) is 10.0 Å². The highest BCUT2D eigenvalue weighted by Gasteiger charge is 2.25.